The molecule has 1 aromatic heterocycles. The van der Waals surface area contributed by atoms with Crippen molar-refractivity contribution >= 4 is 23.6 Å². The molecule has 0 bridgehead atoms. The maximum absolute atomic E-state index is 12.4. The van der Waals surface area contributed by atoms with E-state index in [0.717, 1.165) is 5.56 Å². The van der Waals surface area contributed by atoms with E-state index in [4.69, 9.17) is 0 Å². The molecular formula is C20H20N4O3. The first-order chi connectivity index (χ1) is 13.0. The standard InChI is InChI=1S/C20H20N4O3/c1-23(2)20-22-18(21-16(25)13-14-9-5-3-6-10-14)17(19(26)27)24(20)15-11-7-4-8-12-15/h3-12H,13H2,1-2H3,(H,21,25)(H,26,27). The molecule has 0 saturated heterocycles. The van der Waals surface area contributed by atoms with Gasteiger partial charge in [0.15, 0.2) is 11.5 Å². The highest BCUT2D eigenvalue weighted by Gasteiger charge is 2.26. The topological polar surface area (TPSA) is 87.5 Å². The van der Waals surface area contributed by atoms with Crippen molar-refractivity contribution < 1.29 is 14.7 Å². The van der Waals surface area contributed by atoms with Crippen molar-refractivity contribution in [2.24, 2.45) is 0 Å². The molecule has 0 unspecified atom stereocenters. The maximum atomic E-state index is 12.4. The number of para-hydroxylation sites is 1. The zero-order chi connectivity index (χ0) is 19.4. The molecule has 27 heavy (non-hydrogen) atoms. The normalized spacial score (nSPS) is 10.4. The fourth-order valence-electron chi connectivity index (χ4n) is 2.77. The molecule has 2 N–H and O–H groups in total. The molecule has 3 aromatic rings. The van der Waals surface area contributed by atoms with Gasteiger partial charge in [0.25, 0.3) is 0 Å². The van der Waals surface area contributed by atoms with E-state index in [0.29, 0.717) is 11.6 Å². The molecule has 7 nitrogen and oxygen atoms in total. The summed E-state index contributed by atoms with van der Waals surface area (Å²) in [6.45, 7) is 0. The van der Waals surface area contributed by atoms with E-state index in [-0.39, 0.29) is 23.8 Å². The zero-order valence-corrected chi connectivity index (χ0v) is 15.1. The van der Waals surface area contributed by atoms with Crippen LogP contribution in [0.4, 0.5) is 11.8 Å². The third kappa shape index (κ3) is 3.98. The summed E-state index contributed by atoms with van der Waals surface area (Å²) in [6, 6.07) is 18.3. The second-order valence-corrected chi connectivity index (χ2v) is 6.19. The van der Waals surface area contributed by atoms with E-state index in [1.807, 2.05) is 48.5 Å². The van der Waals surface area contributed by atoms with Gasteiger partial charge < -0.3 is 15.3 Å². The van der Waals surface area contributed by atoms with Crippen LogP contribution in [0.15, 0.2) is 60.7 Å². The second kappa shape index (κ2) is 7.74. The van der Waals surface area contributed by atoms with Gasteiger partial charge in [-0.15, -0.1) is 0 Å². The monoisotopic (exact) mass is 364 g/mol. The van der Waals surface area contributed by atoms with Crippen LogP contribution < -0.4 is 10.2 Å². The number of carboxylic acid groups (broad SMARTS) is 1. The lowest BCUT2D eigenvalue weighted by Crippen LogP contribution is -2.18. The lowest BCUT2D eigenvalue weighted by molar-refractivity contribution is -0.115. The number of nitrogens with zero attached hydrogens (tertiary/aromatic N) is 3. The van der Waals surface area contributed by atoms with E-state index in [2.05, 4.69) is 10.3 Å². The maximum Gasteiger partial charge on any atom is 0.356 e. The van der Waals surface area contributed by atoms with Gasteiger partial charge in [-0.25, -0.2) is 4.79 Å². The van der Waals surface area contributed by atoms with Crippen LogP contribution >= 0.6 is 0 Å². The Labute approximate surface area is 156 Å². The summed E-state index contributed by atoms with van der Waals surface area (Å²) < 4.78 is 1.51. The van der Waals surface area contributed by atoms with Crippen molar-refractivity contribution in [3.63, 3.8) is 0 Å². The van der Waals surface area contributed by atoms with Gasteiger partial charge in [-0.3, -0.25) is 9.36 Å². The number of amides is 1. The van der Waals surface area contributed by atoms with Gasteiger partial charge in [0.1, 0.15) is 0 Å². The Morgan fingerprint density at radius 3 is 2.19 bits per heavy atom. The minimum Gasteiger partial charge on any atom is -0.476 e. The molecule has 0 spiro atoms. The number of hydrogen-bond donors (Lipinski definition) is 2. The van der Waals surface area contributed by atoms with E-state index >= 15 is 0 Å². The van der Waals surface area contributed by atoms with Gasteiger partial charge in [-0.2, -0.15) is 4.98 Å². The van der Waals surface area contributed by atoms with E-state index in [9.17, 15) is 14.7 Å². The Morgan fingerprint density at radius 1 is 1.04 bits per heavy atom. The fourth-order valence-corrected chi connectivity index (χ4v) is 2.77. The van der Waals surface area contributed by atoms with Crippen molar-refractivity contribution in [1.82, 2.24) is 9.55 Å². The summed E-state index contributed by atoms with van der Waals surface area (Å²) in [6.07, 6.45) is 0.134. The number of aromatic nitrogens is 2. The molecule has 1 amide bonds. The zero-order valence-electron chi connectivity index (χ0n) is 15.1. The van der Waals surface area contributed by atoms with Crippen LogP contribution in [0.2, 0.25) is 0 Å². The molecule has 7 heteroatoms. The van der Waals surface area contributed by atoms with Crippen molar-refractivity contribution in [1.29, 1.82) is 0 Å². The molecule has 0 aliphatic heterocycles. The van der Waals surface area contributed by atoms with Crippen molar-refractivity contribution in [2.75, 3.05) is 24.3 Å². The summed E-state index contributed by atoms with van der Waals surface area (Å²) in [5.74, 6) is -1.06. The summed E-state index contributed by atoms with van der Waals surface area (Å²) >= 11 is 0. The molecule has 0 radical (unpaired) electrons. The minimum atomic E-state index is -1.17. The van der Waals surface area contributed by atoms with E-state index in [1.165, 1.54) is 4.57 Å². The molecule has 0 atom stereocenters. The highest BCUT2D eigenvalue weighted by molar-refractivity contribution is 6.00. The first-order valence-electron chi connectivity index (χ1n) is 8.40. The van der Waals surface area contributed by atoms with Crippen molar-refractivity contribution in [3.8, 4) is 5.69 Å². The number of hydrogen-bond acceptors (Lipinski definition) is 4. The van der Waals surface area contributed by atoms with E-state index < -0.39 is 5.97 Å². The lowest BCUT2D eigenvalue weighted by Gasteiger charge is -2.15. The number of aromatic carboxylic acids is 1. The number of imidazole rings is 1. The number of carboxylic acids is 1. The average Bonchev–Trinajstić information content (AvgIpc) is 3.03. The summed E-state index contributed by atoms with van der Waals surface area (Å²) in [5, 5.41) is 12.4. The highest BCUT2D eigenvalue weighted by Crippen LogP contribution is 2.27. The first kappa shape index (κ1) is 18.2. The van der Waals surface area contributed by atoms with Gasteiger partial charge in [0.05, 0.1) is 6.42 Å². The van der Waals surface area contributed by atoms with Crippen LogP contribution in [-0.2, 0) is 11.2 Å². The molecule has 3 rings (SSSR count). The molecular weight excluding hydrogens is 344 g/mol. The van der Waals surface area contributed by atoms with Gasteiger partial charge in [0, 0.05) is 19.8 Å². The third-order valence-corrected chi connectivity index (χ3v) is 3.94. The molecule has 138 valence electrons. The van der Waals surface area contributed by atoms with Gasteiger partial charge in [0.2, 0.25) is 11.9 Å². The quantitative estimate of drug-likeness (QED) is 0.702. The smallest absolute Gasteiger partial charge is 0.356 e. The summed E-state index contributed by atoms with van der Waals surface area (Å²) in [4.78, 5) is 30.4. The fraction of sp³-hybridized carbons (Fsp3) is 0.150. The van der Waals surface area contributed by atoms with Crippen molar-refractivity contribution in [3.05, 3.63) is 71.9 Å². The molecule has 1 heterocycles. The average molecular weight is 364 g/mol. The highest BCUT2D eigenvalue weighted by atomic mass is 16.4. The van der Waals surface area contributed by atoms with Gasteiger partial charge >= 0.3 is 5.97 Å². The number of benzene rings is 2. The molecule has 0 saturated carbocycles. The first-order valence-corrected chi connectivity index (χ1v) is 8.40. The number of anilines is 2. The minimum absolute atomic E-state index is 0.0241. The molecule has 0 fully saturated rings. The summed E-state index contributed by atoms with van der Waals surface area (Å²) in [7, 11) is 3.53. The van der Waals surface area contributed by atoms with Crippen molar-refractivity contribution in [2.45, 2.75) is 6.42 Å². The Hall–Kier alpha value is -3.61. The third-order valence-electron chi connectivity index (χ3n) is 3.94. The number of rotatable bonds is 6. The molecule has 0 aliphatic rings. The number of nitrogens with one attached hydrogen (secondary N) is 1. The number of carbonyl (C=O) groups is 2. The Morgan fingerprint density at radius 2 is 1.63 bits per heavy atom. The SMILES string of the molecule is CN(C)c1nc(NC(=O)Cc2ccccc2)c(C(=O)O)n1-c1ccccc1. The van der Waals surface area contributed by atoms with Crippen LogP contribution in [0.5, 0.6) is 0 Å². The van der Waals surface area contributed by atoms with Crippen LogP contribution in [-0.4, -0.2) is 40.6 Å². The molecule has 0 aliphatic carbocycles. The van der Waals surface area contributed by atoms with Crippen LogP contribution in [0.1, 0.15) is 16.1 Å². The van der Waals surface area contributed by atoms with Gasteiger partial charge in [-0.05, 0) is 17.7 Å². The largest absolute Gasteiger partial charge is 0.476 e. The van der Waals surface area contributed by atoms with E-state index in [1.54, 1.807) is 31.1 Å². The number of carbonyl (C=O) groups excluding carboxylic acids is 1. The Balaban J connectivity index is 2.00. The predicted octanol–water partition coefficient (Wildman–Crippen LogP) is 2.82. The Bertz CT molecular complexity index is 950. The second-order valence-electron chi connectivity index (χ2n) is 6.19. The van der Waals surface area contributed by atoms with Crippen LogP contribution in [0.3, 0.4) is 0 Å². The predicted molar refractivity (Wildman–Crippen MR) is 104 cm³/mol. The van der Waals surface area contributed by atoms with Gasteiger partial charge in [-0.1, -0.05) is 48.5 Å². The lowest BCUT2D eigenvalue weighted by atomic mass is 10.1. The Kier molecular flexibility index (Phi) is 5.21. The van der Waals surface area contributed by atoms with Crippen LogP contribution in [0.25, 0.3) is 5.69 Å². The molecule has 2 aromatic carbocycles. The summed E-state index contributed by atoms with van der Waals surface area (Å²) in [5.41, 5.74) is 1.39. The van der Waals surface area contributed by atoms with Crippen LogP contribution in [0, 0.1) is 0 Å².